The molecule has 0 aliphatic rings. The van der Waals surface area contributed by atoms with Crippen LogP contribution in [0.15, 0.2) is 48.6 Å². The van der Waals surface area contributed by atoms with Crippen LogP contribution in [0.25, 0.3) is 0 Å². The Morgan fingerprint density at radius 1 is 0.741 bits per heavy atom. The summed E-state index contributed by atoms with van der Waals surface area (Å²) < 4.78 is 4.15. The lowest BCUT2D eigenvalue weighted by Crippen LogP contribution is -2.20. The van der Waals surface area contributed by atoms with Gasteiger partial charge in [-0.1, -0.05) is 68.4 Å². The van der Waals surface area contributed by atoms with Crippen LogP contribution in [0.1, 0.15) is 71.1 Å². The molecular weight excluding hydrogens is 536 g/mol. The summed E-state index contributed by atoms with van der Waals surface area (Å²) in [6, 6.07) is 0. The van der Waals surface area contributed by atoms with E-state index in [2.05, 4.69) is 103 Å². The van der Waals surface area contributed by atoms with Crippen molar-refractivity contribution in [3.05, 3.63) is 48.6 Å². The maximum absolute atomic E-state index is 11.5. The van der Waals surface area contributed by atoms with Gasteiger partial charge in [-0.05, 0) is 99.2 Å². The van der Waals surface area contributed by atoms with E-state index in [1.807, 2.05) is 0 Å². The third-order valence-electron chi connectivity index (χ3n) is 3.69. The highest BCUT2D eigenvalue weighted by Crippen LogP contribution is 2.34. The van der Waals surface area contributed by atoms with Crippen LogP contribution in [-0.4, -0.2) is 14.7 Å². The first-order valence-electron chi connectivity index (χ1n) is 9.82. The van der Waals surface area contributed by atoms with Crippen LogP contribution < -0.4 is 0 Å². The van der Waals surface area contributed by atoms with E-state index in [1.54, 1.807) is 0 Å². The molecule has 0 rings (SSSR count). The standard InChI is InChI=1S/C22H33Br3O2/c1-2-3-4-5-6-7-8-9-10-11-12-13-14-15-16-17-18-19-20-27-21(26)22(23,24)25/h6-7,9-10,12-13,15-16H,2-5,8,11,14,17-20H2,1H3. The predicted octanol–water partition coefficient (Wildman–Crippen LogP) is 8.51. The smallest absolute Gasteiger partial charge is 0.344 e. The molecule has 0 atom stereocenters. The molecule has 0 aliphatic heterocycles. The fraction of sp³-hybridized carbons (Fsp3) is 0.591. The Kier molecular flexibility index (Phi) is 19.1. The van der Waals surface area contributed by atoms with Gasteiger partial charge < -0.3 is 4.74 Å². The number of rotatable bonds is 15. The molecule has 0 spiro atoms. The van der Waals surface area contributed by atoms with Crippen molar-refractivity contribution in [3.8, 4) is 0 Å². The minimum atomic E-state index is -0.959. The molecule has 0 bridgehead atoms. The van der Waals surface area contributed by atoms with E-state index in [0.29, 0.717) is 6.61 Å². The van der Waals surface area contributed by atoms with Crippen molar-refractivity contribution in [1.29, 1.82) is 0 Å². The maximum Gasteiger partial charge on any atom is 0.344 e. The van der Waals surface area contributed by atoms with Crippen LogP contribution >= 0.6 is 47.8 Å². The van der Waals surface area contributed by atoms with E-state index in [-0.39, 0.29) is 5.97 Å². The van der Waals surface area contributed by atoms with Gasteiger partial charge in [0.05, 0.1) is 6.61 Å². The first kappa shape index (κ1) is 26.9. The molecule has 0 radical (unpaired) electrons. The molecule has 0 unspecified atom stereocenters. The van der Waals surface area contributed by atoms with Crippen molar-refractivity contribution in [2.45, 2.75) is 73.3 Å². The lowest BCUT2D eigenvalue weighted by Gasteiger charge is -2.10. The number of unbranched alkanes of at least 4 members (excludes halogenated alkanes) is 5. The van der Waals surface area contributed by atoms with Crippen LogP contribution in [0.5, 0.6) is 0 Å². The van der Waals surface area contributed by atoms with Gasteiger partial charge in [-0.25, -0.2) is 4.79 Å². The number of allylic oxidation sites excluding steroid dienone is 8. The Labute approximate surface area is 191 Å². The minimum absolute atomic E-state index is 0.361. The van der Waals surface area contributed by atoms with Crippen molar-refractivity contribution in [1.82, 2.24) is 0 Å². The van der Waals surface area contributed by atoms with E-state index in [0.717, 1.165) is 38.5 Å². The van der Waals surface area contributed by atoms with Gasteiger partial charge in [0, 0.05) is 0 Å². The number of hydrogen-bond acceptors (Lipinski definition) is 2. The molecule has 0 aromatic carbocycles. The average molecular weight is 569 g/mol. The quantitative estimate of drug-likeness (QED) is 0.0856. The number of hydrogen-bond donors (Lipinski definition) is 0. The number of esters is 1. The molecule has 27 heavy (non-hydrogen) atoms. The maximum atomic E-state index is 11.5. The lowest BCUT2D eigenvalue weighted by atomic mass is 10.2. The minimum Gasteiger partial charge on any atom is -0.463 e. The Morgan fingerprint density at radius 3 is 1.63 bits per heavy atom. The largest absolute Gasteiger partial charge is 0.463 e. The van der Waals surface area contributed by atoms with Crippen LogP contribution in [0, 0.1) is 0 Å². The first-order valence-corrected chi connectivity index (χ1v) is 12.2. The highest BCUT2D eigenvalue weighted by atomic mass is 80.0. The molecule has 0 aromatic rings. The summed E-state index contributed by atoms with van der Waals surface area (Å²) in [5, 5.41) is 0. The normalized spacial score (nSPS) is 12.9. The third-order valence-corrected chi connectivity index (χ3v) is 4.66. The molecule has 0 saturated heterocycles. The van der Waals surface area contributed by atoms with Crippen LogP contribution in [0.4, 0.5) is 0 Å². The monoisotopic (exact) mass is 566 g/mol. The summed E-state index contributed by atoms with van der Waals surface area (Å²) in [5.74, 6) is -0.361. The SMILES string of the molecule is CCCCCC=CCC=CCC=CCC=CCCCCOC(=O)C(Br)(Br)Br. The molecule has 0 saturated carbocycles. The fourth-order valence-corrected chi connectivity index (χ4v) is 2.52. The van der Waals surface area contributed by atoms with Crippen molar-refractivity contribution < 1.29 is 9.53 Å². The summed E-state index contributed by atoms with van der Waals surface area (Å²) in [7, 11) is 0. The van der Waals surface area contributed by atoms with Gasteiger partial charge in [-0.2, -0.15) is 0 Å². The van der Waals surface area contributed by atoms with Gasteiger partial charge in [-0.15, -0.1) is 0 Å². The summed E-state index contributed by atoms with van der Waals surface area (Å²) in [6.07, 6.45) is 28.8. The topological polar surface area (TPSA) is 26.3 Å². The molecule has 0 N–H and O–H groups in total. The van der Waals surface area contributed by atoms with Crippen molar-refractivity contribution in [2.75, 3.05) is 6.61 Å². The van der Waals surface area contributed by atoms with Crippen LogP contribution in [0.3, 0.4) is 0 Å². The van der Waals surface area contributed by atoms with Crippen LogP contribution in [0.2, 0.25) is 0 Å². The zero-order chi connectivity index (χ0) is 20.2. The zero-order valence-corrected chi connectivity index (χ0v) is 21.1. The molecule has 0 aliphatic carbocycles. The van der Waals surface area contributed by atoms with Crippen molar-refractivity contribution >= 4 is 53.8 Å². The molecule has 0 heterocycles. The Balaban J connectivity index is 3.48. The second-order valence-electron chi connectivity index (χ2n) is 6.22. The summed E-state index contributed by atoms with van der Waals surface area (Å²) in [4.78, 5) is 11.5. The number of alkyl halides is 3. The first-order chi connectivity index (χ1) is 13.0. The van der Waals surface area contributed by atoms with Gasteiger partial charge in [0.25, 0.3) is 0 Å². The molecule has 2 nitrogen and oxygen atoms in total. The Hall–Kier alpha value is -0.130. The van der Waals surface area contributed by atoms with Gasteiger partial charge in [-0.3, -0.25) is 0 Å². The predicted molar refractivity (Wildman–Crippen MR) is 129 cm³/mol. The Bertz CT molecular complexity index is 474. The van der Waals surface area contributed by atoms with Crippen molar-refractivity contribution in [2.24, 2.45) is 0 Å². The number of ether oxygens (including phenoxy) is 1. The number of halogens is 3. The van der Waals surface area contributed by atoms with E-state index >= 15 is 0 Å². The Morgan fingerprint density at radius 2 is 1.19 bits per heavy atom. The van der Waals surface area contributed by atoms with Gasteiger partial charge in [0.15, 0.2) is 0 Å². The zero-order valence-electron chi connectivity index (χ0n) is 16.3. The van der Waals surface area contributed by atoms with E-state index in [9.17, 15) is 4.79 Å². The van der Waals surface area contributed by atoms with Gasteiger partial charge in [0.2, 0.25) is 2.14 Å². The van der Waals surface area contributed by atoms with Crippen LogP contribution in [-0.2, 0) is 9.53 Å². The molecular formula is C22H33Br3O2. The summed E-state index contributed by atoms with van der Waals surface area (Å²) in [5.41, 5.74) is 0. The van der Waals surface area contributed by atoms with Crippen molar-refractivity contribution in [3.63, 3.8) is 0 Å². The van der Waals surface area contributed by atoms with E-state index < -0.39 is 2.14 Å². The molecule has 0 aromatic heterocycles. The van der Waals surface area contributed by atoms with Gasteiger partial charge >= 0.3 is 5.97 Å². The summed E-state index contributed by atoms with van der Waals surface area (Å²) in [6.45, 7) is 2.68. The lowest BCUT2D eigenvalue weighted by molar-refractivity contribution is -0.141. The molecule has 0 fully saturated rings. The highest BCUT2D eigenvalue weighted by molar-refractivity contribution is 9.40. The summed E-state index contributed by atoms with van der Waals surface area (Å²) >= 11 is 9.40. The van der Waals surface area contributed by atoms with E-state index in [4.69, 9.17) is 4.74 Å². The fourth-order valence-electron chi connectivity index (χ4n) is 2.17. The third kappa shape index (κ3) is 20.4. The molecule has 5 heteroatoms. The second kappa shape index (κ2) is 19.2. The molecule has 154 valence electrons. The second-order valence-corrected chi connectivity index (χ2v) is 13.0. The molecule has 0 amide bonds. The van der Waals surface area contributed by atoms with E-state index in [1.165, 1.54) is 25.7 Å². The number of carbonyl (C=O) groups excluding carboxylic acids is 1. The average Bonchev–Trinajstić information content (AvgIpc) is 2.62. The highest BCUT2D eigenvalue weighted by Gasteiger charge is 2.30. The van der Waals surface area contributed by atoms with Gasteiger partial charge in [0.1, 0.15) is 0 Å². The number of carbonyl (C=O) groups is 1.